The van der Waals surface area contributed by atoms with Crippen molar-refractivity contribution >= 4 is 6.41 Å². The Hall–Kier alpha value is -0.570. The molecule has 0 spiro atoms. The van der Waals surface area contributed by atoms with Gasteiger partial charge in [0, 0.05) is 6.61 Å². The highest BCUT2D eigenvalue weighted by atomic mass is 16.5. The number of rotatable bonds is 1. The SMILES string of the molecule is CC(C)C1(C)CCCOC1.NC=O. The Kier molecular flexibility index (Phi) is 5.71. The summed E-state index contributed by atoms with van der Waals surface area (Å²) in [6, 6.07) is 0. The average molecular weight is 187 g/mol. The lowest BCUT2D eigenvalue weighted by Gasteiger charge is -2.36. The largest absolute Gasteiger partial charge is 0.381 e. The second kappa shape index (κ2) is 5.97. The van der Waals surface area contributed by atoms with Crippen LogP contribution < -0.4 is 5.73 Å². The minimum absolute atomic E-state index is 0.250. The molecule has 1 aliphatic heterocycles. The zero-order valence-corrected chi connectivity index (χ0v) is 8.88. The molecule has 2 N–H and O–H groups in total. The number of carbonyl (C=O) groups is 1. The number of ether oxygens (including phenoxy) is 1. The van der Waals surface area contributed by atoms with E-state index in [1.165, 1.54) is 12.8 Å². The fourth-order valence-electron chi connectivity index (χ4n) is 1.41. The summed E-state index contributed by atoms with van der Waals surface area (Å²) in [6.07, 6.45) is 2.83. The lowest BCUT2D eigenvalue weighted by Crippen LogP contribution is -2.33. The zero-order chi connectivity index (χ0) is 10.3. The summed E-state index contributed by atoms with van der Waals surface area (Å²) < 4.78 is 5.45. The van der Waals surface area contributed by atoms with Gasteiger partial charge < -0.3 is 10.5 Å². The van der Waals surface area contributed by atoms with Crippen LogP contribution in [-0.4, -0.2) is 19.6 Å². The fourth-order valence-corrected chi connectivity index (χ4v) is 1.41. The third-order valence-corrected chi connectivity index (χ3v) is 2.86. The van der Waals surface area contributed by atoms with E-state index >= 15 is 0 Å². The predicted molar refractivity (Wildman–Crippen MR) is 53.2 cm³/mol. The summed E-state index contributed by atoms with van der Waals surface area (Å²) in [7, 11) is 0. The summed E-state index contributed by atoms with van der Waals surface area (Å²) in [5.41, 5.74) is 4.62. The maximum absolute atomic E-state index is 8.58. The van der Waals surface area contributed by atoms with Crippen LogP contribution in [0, 0.1) is 11.3 Å². The lowest BCUT2D eigenvalue weighted by atomic mass is 9.75. The molecule has 1 aliphatic rings. The van der Waals surface area contributed by atoms with E-state index in [1.54, 1.807) is 0 Å². The van der Waals surface area contributed by atoms with Crippen LogP contribution in [0.15, 0.2) is 0 Å². The number of hydrogen-bond acceptors (Lipinski definition) is 2. The van der Waals surface area contributed by atoms with Gasteiger partial charge in [0.05, 0.1) is 6.61 Å². The van der Waals surface area contributed by atoms with Crippen LogP contribution in [-0.2, 0) is 9.53 Å². The van der Waals surface area contributed by atoms with Gasteiger partial charge >= 0.3 is 0 Å². The third-order valence-electron chi connectivity index (χ3n) is 2.86. The van der Waals surface area contributed by atoms with Crippen molar-refractivity contribution < 1.29 is 9.53 Å². The van der Waals surface area contributed by atoms with Crippen LogP contribution in [0.5, 0.6) is 0 Å². The molecule has 1 unspecified atom stereocenters. The first-order chi connectivity index (χ1) is 6.06. The van der Waals surface area contributed by atoms with Crippen molar-refractivity contribution in [2.75, 3.05) is 13.2 Å². The monoisotopic (exact) mass is 187 g/mol. The van der Waals surface area contributed by atoms with Crippen LogP contribution in [0.3, 0.4) is 0 Å². The fraction of sp³-hybridized carbons (Fsp3) is 0.900. The van der Waals surface area contributed by atoms with Crippen molar-refractivity contribution in [2.24, 2.45) is 17.1 Å². The molecule has 78 valence electrons. The summed E-state index contributed by atoms with van der Waals surface area (Å²) in [5.74, 6) is 0.757. The molecule has 0 saturated carbocycles. The van der Waals surface area contributed by atoms with Gasteiger partial charge in [-0.1, -0.05) is 20.8 Å². The maximum Gasteiger partial charge on any atom is 0.204 e. The van der Waals surface area contributed by atoms with E-state index < -0.39 is 0 Å². The van der Waals surface area contributed by atoms with Gasteiger partial charge in [-0.15, -0.1) is 0 Å². The molecule has 1 atom stereocenters. The minimum atomic E-state index is 0.250. The van der Waals surface area contributed by atoms with Crippen molar-refractivity contribution in [2.45, 2.75) is 33.6 Å². The second-order valence-electron chi connectivity index (χ2n) is 4.10. The summed E-state index contributed by atoms with van der Waals surface area (Å²) in [6.45, 7) is 8.84. The number of carbonyl (C=O) groups excluding carboxylic acids is 1. The Morgan fingerprint density at radius 3 is 2.31 bits per heavy atom. The molecular formula is C10H21NO2. The van der Waals surface area contributed by atoms with Gasteiger partial charge in [0.2, 0.25) is 6.41 Å². The standard InChI is InChI=1S/C9H18O.CH3NO/c1-8(2)9(3)5-4-6-10-7-9;2-1-3/h8H,4-7H2,1-3H3;1H,(H2,2,3). The Balaban J connectivity index is 0.000000424. The molecule has 1 heterocycles. The highest BCUT2D eigenvalue weighted by molar-refractivity contribution is 5.42. The molecule has 0 bridgehead atoms. The van der Waals surface area contributed by atoms with Gasteiger partial charge in [0.1, 0.15) is 0 Å². The van der Waals surface area contributed by atoms with Crippen LogP contribution in [0.4, 0.5) is 0 Å². The zero-order valence-electron chi connectivity index (χ0n) is 8.88. The summed E-state index contributed by atoms with van der Waals surface area (Å²) >= 11 is 0. The van der Waals surface area contributed by atoms with Crippen molar-refractivity contribution in [3.05, 3.63) is 0 Å². The molecule has 13 heavy (non-hydrogen) atoms. The smallest absolute Gasteiger partial charge is 0.204 e. The highest BCUT2D eigenvalue weighted by Crippen LogP contribution is 2.35. The molecule has 0 aromatic rings. The molecule has 0 aromatic heterocycles. The Morgan fingerprint density at radius 1 is 1.54 bits per heavy atom. The van der Waals surface area contributed by atoms with Crippen molar-refractivity contribution in [3.8, 4) is 0 Å². The van der Waals surface area contributed by atoms with E-state index in [-0.39, 0.29) is 6.41 Å². The number of primary amides is 1. The second-order valence-corrected chi connectivity index (χ2v) is 4.10. The number of amides is 1. The third kappa shape index (κ3) is 4.27. The van der Waals surface area contributed by atoms with E-state index in [9.17, 15) is 0 Å². The van der Waals surface area contributed by atoms with E-state index in [0.717, 1.165) is 19.1 Å². The Morgan fingerprint density at radius 2 is 2.08 bits per heavy atom. The van der Waals surface area contributed by atoms with E-state index in [4.69, 9.17) is 9.53 Å². The number of nitrogens with two attached hydrogens (primary N) is 1. The highest BCUT2D eigenvalue weighted by Gasteiger charge is 2.30. The molecule has 1 saturated heterocycles. The topological polar surface area (TPSA) is 52.3 Å². The normalized spacial score (nSPS) is 27.7. The van der Waals surface area contributed by atoms with Gasteiger partial charge in [0.25, 0.3) is 0 Å². The summed E-state index contributed by atoms with van der Waals surface area (Å²) in [5, 5.41) is 0. The van der Waals surface area contributed by atoms with Crippen molar-refractivity contribution in [1.29, 1.82) is 0 Å². The molecule has 1 rings (SSSR count). The van der Waals surface area contributed by atoms with E-state index in [2.05, 4.69) is 26.5 Å². The van der Waals surface area contributed by atoms with E-state index in [0.29, 0.717) is 5.41 Å². The quantitative estimate of drug-likeness (QED) is 0.633. The molecule has 0 aliphatic carbocycles. The maximum atomic E-state index is 8.58. The predicted octanol–water partition coefficient (Wildman–Crippen LogP) is 1.56. The average Bonchev–Trinajstić information content (AvgIpc) is 2.07. The molecule has 0 radical (unpaired) electrons. The molecule has 1 fully saturated rings. The van der Waals surface area contributed by atoms with Gasteiger partial charge in [-0.05, 0) is 24.2 Å². The molecule has 0 aromatic carbocycles. The molecule has 3 nitrogen and oxygen atoms in total. The van der Waals surface area contributed by atoms with E-state index in [1.807, 2.05) is 0 Å². The Bertz CT molecular complexity index is 140. The van der Waals surface area contributed by atoms with Crippen molar-refractivity contribution in [1.82, 2.24) is 0 Å². The van der Waals surface area contributed by atoms with Crippen LogP contribution >= 0.6 is 0 Å². The van der Waals surface area contributed by atoms with Crippen LogP contribution in [0.2, 0.25) is 0 Å². The van der Waals surface area contributed by atoms with Crippen molar-refractivity contribution in [3.63, 3.8) is 0 Å². The first kappa shape index (κ1) is 12.4. The van der Waals surface area contributed by atoms with Crippen LogP contribution in [0.1, 0.15) is 33.6 Å². The van der Waals surface area contributed by atoms with Gasteiger partial charge in [-0.2, -0.15) is 0 Å². The molecule has 3 heteroatoms. The molecular weight excluding hydrogens is 166 g/mol. The first-order valence-electron chi connectivity index (χ1n) is 4.80. The summed E-state index contributed by atoms with van der Waals surface area (Å²) in [4.78, 5) is 8.58. The molecule has 1 amide bonds. The van der Waals surface area contributed by atoms with Crippen LogP contribution in [0.25, 0.3) is 0 Å². The lowest BCUT2D eigenvalue weighted by molar-refractivity contribution is -0.106. The van der Waals surface area contributed by atoms with Gasteiger partial charge in [-0.3, -0.25) is 4.79 Å². The minimum Gasteiger partial charge on any atom is -0.381 e. The van der Waals surface area contributed by atoms with Gasteiger partial charge in [0.15, 0.2) is 0 Å². The van der Waals surface area contributed by atoms with Gasteiger partial charge in [-0.25, -0.2) is 0 Å². The number of hydrogen-bond donors (Lipinski definition) is 1. The first-order valence-corrected chi connectivity index (χ1v) is 4.80. The Labute approximate surface area is 80.6 Å².